The Labute approximate surface area is 142 Å². The molecule has 0 atom stereocenters. The standard InChI is InChI=1S/C18H15F3N2O2/c19-18(20,21)14-7-5-12(6-8-14)17(25)22-9-10-23-15-4-2-1-3-13(15)11-16(23)24/h1-8H,9-11H2,(H,22,25). The summed E-state index contributed by atoms with van der Waals surface area (Å²) in [7, 11) is 0. The van der Waals surface area contributed by atoms with Gasteiger partial charge >= 0.3 is 6.18 Å². The van der Waals surface area contributed by atoms with Crippen LogP contribution in [0.1, 0.15) is 21.5 Å². The highest BCUT2D eigenvalue weighted by Gasteiger charge is 2.30. The number of nitrogens with zero attached hydrogens (tertiary/aromatic N) is 1. The topological polar surface area (TPSA) is 49.4 Å². The molecule has 0 fully saturated rings. The maximum Gasteiger partial charge on any atom is 0.416 e. The molecule has 130 valence electrons. The van der Waals surface area contributed by atoms with E-state index in [2.05, 4.69) is 5.32 Å². The smallest absolute Gasteiger partial charge is 0.350 e. The van der Waals surface area contributed by atoms with Crippen LogP contribution in [0.2, 0.25) is 0 Å². The van der Waals surface area contributed by atoms with Crippen molar-refractivity contribution in [3.05, 3.63) is 65.2 Å². The van der Waals surface area contributed by atoms with Crippen molar-refractivity contribution in [2.24, 2.45) is 0 Å². The second-order valence-corrected chi connectivity index (χ2v) is 5.68. The summed E-state index contributed by atoms with van der Waals surface area (Å²) in [5.74, 6) is -0.515. The zero-order valence-corrected chi connectivity index (χ0v) is 13.1. The van der Waals surface area contributed by atoms with Crippen molar-refractivity contribution in [2.45, 2.75) is 12.6 Å². The molecule has 3 rings (SSSR count). The molecule has 0 bridgehead atoms. The fraction of sp³-hybridized carbons (Fsp3) is 0.222. The Bertz CT molecular complexity index is 801. The molecule has 0 spiro atoms. The molecule has 0 saturated heterocycles. The second kappa shape index (κ2) is 6.58. The van der Waals surface area contributed by atoms with Gasteiger partial charge in [0.15, 0.2) is 0 Å². The van der Waals surface area contributed by atoms with Crippen molar-refractivity contribution < 1.29 is 22.8 Å². The number of anilines is 1. The first-order valence-corrected chi connectivity index (χ1v) is 7.70. The Hall–Kier alpha value is -2.83. The second-order valence-electron chi connectivity index (χ2n) is 5.68. The highest BCUT2D eigenvalue weighted by atomic mass is 19.4. The van der Waals surface area contributed by atoms with Gasteiger partial charge in [-0.15, -0.1) is 0 Å². The summed E-state index contributed by atoms with van der Waals surface area (Å²) in [6.45, 7) is 0.516. The first kappa shape index (κ1) is 17.0. The largest absolute Gasteiger partial charge is 0.416 e. The highest BCUT2D eigenvalue weighted by molar-refractivity contribution is 6.01. The third kappa shape index (κ3) is 3.65. The number of fused-ring (bicyclic) bond motifs is 1. The van der Waals surface area contributed by atoms with Crippen molar-refractivity contribution in [3.8, 4) is 0 Å². The number of carbonyl (C=O) groups is 2. The molecule has 0 radical (unpaired) electrons. The van der Waals surface area contributed by atoms with E-state index in [1.165, 1.54) is 0 Å². The minimum Gasteiger partial charge on any atom is -0.350 e. The molecule has 2 aromatic rings. The summed E-state index contributed by atoms with van der Waals surface area (Å²) >= 11 is 0. The Kier molecular flexibility index (Phi) is 4.48. The average molecular weight is 348 g/mol. The van der Waals surface area contributed by atoms with E-state index in [4.69, 9.17) is 0 Å². The van der Waals surface area contributed by atoms with Gasteiger partial charge in [-0.25, -0.2) is 0 Å². The molecular formula is C18H15F3N2O2. The molecule has 0 aromatic heterocycles. The number of nitrogens with one attached hydrogen (secondary N) is 1. The van der Waals surface area contributed by atoms with Gasteiger partial charge in [0, 0.05) is 24.3 Å². The molecule has 0 unspecified atom stereocenters. The summed E-state index contributed by atoms with van der Waals surface area (Å²) in [4.78, 5) is 25.6. The molecular weight excluding hydrogens is 333 g/mol. The van der Waals surface area contributed by atoms with Gasteiger partial charge in [-0.1, -0.05) is 18.2 Å². The lowest BCUT2D eigenvalue weighted by atomic mass is 10.1. The van der Waals surface area contributed by atoms with Gasteiger partial charge in [0.2, 0.25) is 5.91 Å². The van der Waals surface area contributed by atoms with Crippen molar-refractivity contribution in [3.63, 3.8) is 0 Å². The number of amides is 2. The monoisotopic (exact) mass is 348 g/mol. The molecule has 1 N–H and O–H groups in total. The van der Waals surface area contributed by atoms with Crippen LogP contribution in [0.5, 0.6) is 0 Å². The number of hydrogen-bond acceptors (Lipinski definition) is 2. The average Bonchev–Trinajstić information content (AvgIpc) is 2.90. The normalized spacial score (nSPS) is 13.7. The molecule has 2 amide bonds. The minimum absolute atomic E-state index is 0.0371. The fourth-order valence-corrected chi connectivity index (χ4v) is 2.76. The molecule has 0 aliphatic carbocycles. The van der Waals surface area contributed by atoms with Crippen molar-refractivity contribution >= 4 is 17.5 Å². The van der Waals surface area contributed by atoms with Gasteiger partial charge in [0.05, 0.1) is 12.0 Å². The zero-order chi connectivity index (χ0) is 18.0. The van der Waals surface area contributed by atoms with Crippen LogP contribution in [0.25, 0.3) is 0 Å². The summed E-state index contributed by atoms with van der Waals surface area (Å²) in [5, 5.41) is 2.62. The van der Waals surface area contributed by atoms with Crippen molar-refractivity contribution in [1.82, 2.24) is 5.32 Å². The van der Waals surface area contributed by atoms with E-state index in [0.717, 1.165) is 35.5 Å². The molecule has 4 nitrogen and oxygen atoms in total. The molecule has 25 heavy (non-hydrogen) atoms. The Morgan fingerprint density at radius 1 is 1.08 bits per heavy atom. The molecule has 1 heterocycles. The quantitative estimate of drug-likeness (QED) is 0.923. The number of alkyl halides is 3. The van der Waals surface area contributed by atoms with Gasteiger partial charge in [0.25, 0.3) is 5.91 Å². The van der Waals surface area contributed by atoms with E-state index in [1.807, 2.05) is 24.3 Å². The lowest BCUT2D eigenvalue weighted by molar-refractivity contribution is -0.137. The minimum atomic E-state index is -4.43. The van der Waals surface area contributed by atoms with E-state index in [0.29, 0.717) is 13.0 Å². The van der Waals surface area contributed by atoms with Gasteiger partial charge in [0.1, 0.15) is 0 Å². The van der Waals surface area contributed by atoms with Crippen LogP contribution in [0.4, 0.5) is 18.9 Å². The number of carbonyl (C=O) groups excluding carboxylic acids is 2. The fourth-order valence-electron chi connectivity index (χ4n) is 2.76. The van der Waals surface area contributed by atoms with E-state index in [1.54, 1.807) is 4.90 Å². The van der Waals surface area contributed by atoms with Gasteiger partial charge in [-0.2, -0.15) is 13.2 Å². The number of para-hydroxylation sites is 1. The summed E-state index contributed by atoms with van der Waals surface area (Å²) in [6, 6.07) is 11.4. The molecule has 1 aliphatic rings. The van der Waals surface area contributed by atoms with Crippen LogP contribution in [-0.4, -0.2) is 24.9 Å². The number of rotatable bonds is 4. The van der Waals surface area contributed by atoms with Gasteiger partial charge < -0.3 is 10.2 Å². The van der Waals surface area contributed by atoms with Gasteiger partial charge in [-0.05, 0) is 35.9 Å². The Morgan fingerprint density at radius 2 is 1.76 bits per heavy atom. The maximum absolute atomic E-state index is 12.5. The van der Waals surface area contributed by atoms with Crippen molar-refractivity contribution in [2.75, 3.05) is 18.0 Å². The van der Waals surface area contributed by atoms with E-state index < -0.39 is 17.6 Å². The first-order chi connectivity index (χ1) is 11.9. The van der Waals surface area contributed by atoms with Crippen LogP contribution < -0.4 is 10.2 Å². The van der Waals surface area contributed by atoms with E-state index in [-0.39, 0.29) is 18.0 Å². The predicted octanol–water partition coefficient (Wildman–Crippen LogP) is 3.02. The van der Waals surface area contributed by atoms with E-state index >= 15 is 0 Å². The summed E-state index contributed by atoms with van der Waals surface area (Å²) in [5.41, 5.74) is 1.11. The zero-order valence-electron chi connectivity index (χ0n) is 13.1. The molecule has 0 saturated carbocycles. The van der Waals surface area contributed by atoms with Gasteiger partial charge in [-0.3, -0.25) is 9.59 Å². The third-order valence-electron chi connectivity index (χ3n) is 4.02. The van der Waals surface area contributed by atoms with Crippen LogP contribution in [-0.2, 0) is 17.4 Å². The van der Waals surface area contributed by atoms with E-state index in [9.17, 15) is 22.8 Å². The summed E-state index contributed by atoms with van der Waals surface area (Å²) < 4.78 is 37.5. The lowest BCUT2D eigenvalue weighted by Crippen LogP contribution is -2.36. The molecule has 1 aliphatic heterocycles. The van der Waals surface area contributed by atoms with Crippen molar-refractivity contribution in [1.29, 1.82) is 0 Å². The number of hydrogen-bond donors (Lipinski definition) is 1. The Morgan fingerprint density at radius 3 is 2.44 bits per heavy atom. The number of benzene rings is 2. The molecule has 2 aromatic carbocycles. The maximum atomic E-state index is 12.5. The van der Waals surface area contributed by atoms with Crippen LogP contribution in [0.15, 0.2) is 48.5 Å². The third-order valence-corrected chi connectivity index (χ3v) is 4.02. The SMILES string of the molecule is O=C(NCCN1C(=O)Cc2ccccc21)c1ccc(C(F)(F)F)cc1. The van der Waals surface area contributed by atoms with Crippen LogP contribution in [0, 0.1) is 0 Å². The predicted molar refractivity (Wildman–Crippen MR) is 86.3 cm³/mol. The number of halogens is 3. The molecule has 7 heteroatoms. The lowest BCUT2D eigenvalue weighted by Gasteiger charge is -2.17. The Balaban J connectivity index is 1.57. The van der Waals surface area contributed by atoms with Crippen LogP contribution in [0.3, 0.4) is 0 Å². The first-order valence-electron chi connectivity index (χ1n) is 7.70. The summed E-state index contributed by atoms with van der Waals surface area (Å²) in [6.07, 6.45) is -4.10. The van der Waals surface area contributed by atoms with Crippen LogP contribution >= 0.6 is 0 Å². The highest BCUT2D eigenvalue weighted by Crippen LogP contribution is 2.29.